The van der Waals surface area contributed by atoms with Crippen molar-refractivity contribution in [3.63, 3.8) is 0 Å². The van der Waals surface area contributed by atoms with Crippen molar-refractivity contribution in [1.29, 1.82) is 0 Å². The Hall–Kier alpha value is -1.42. The molecule has 1 N–H and O–H groups in total. The number of anilines is 1. The maximum atomic E-state index is 4.60. The Bertz CT molecular complexity index is 589. The van der Waals surface area contributed by atoms with E-state index in [2.05, 4.69) is 73.3 Å². The minimum absolute atomic E-state index is 0.257. The molecule has 108 valence electrons. The molecule has 0 aliphatic rings. The van der Waals surface area contributed by atoms with Crippen LogP contribution in [0, 0.1) is 13.8 Å². The van der Waals surface area contributed by atoms with Crippen LogP contribution < -0.4 is 5.32 Å². The molecule has 1 aromatic heterocycles. The van der Waals surface area contributed by atoms with E-state index in [0.717, 1.165) is 17.9 Å². The quantitative estimate of drug-likeness (QED) is 0.827. The summed E-state index contributed by atoms with van der Waals surface area (Å²) in [7, 11) is 0. The predicted molar refractivity (Wildman–Crippen MR) is 87.6 cm³/mol. The van der Waals surface area contributed by atoms with E-state index in [1.54, 1.807) is 11.8 Å². The summed E-state index contributed by atoms with van der Waals surface area (Å²) in [6, 6.07) is 8.79. The lowest BCUT2D eigenvalue weighted by Gasteiger charge is -2.17. The van der Waals surface area contributed by atoms with Crippen LogP contribution in [0.2, 0.25) is 0 Å². The Morgan fingerprint density at radius 3 is 2.70 bits per heavy atom. The molecule has 0 aliphatic heterocycles. The maximum absolute atomic E-state index is 4.60. The van der Waals surface area contributed by atoms with Gasteiger partial charge >= 0.3 is 0 Å². The molecule has 0 amide bonds. The topological polar surface area (TPSA) is 29.9 Å². The zero-order valence-electron chi connectivity index (χ0n) is 12.9. The number of hydrogen-bond donors (Lipinski definition) is 1. The molecule has 1 heterocycles. The Labute approximate surface area is 125 Å². The van der Waals surface area contributed by atoms with E-state index in [4.69, 9.17) is 0 Å². The Kier molecular flexibility index (Phi) is 4.76. The second kappa shape index (κ2) is 6.35. The van der Waals surface area contributed by atoms with Crippen LogP contribution >= 0.6 is 11.8 Å². The van der Waals surface area contributed by atoms with Crippen LogP contribution in [-0.4, -0.2) is 16.0 Å². The van der Waals surface area contributed by atoms with Crippen LogP contribution in [-0.2, 0) is 6.54 Å². The molecule has 2 aromatic rings. The molecule has 0 aliphatic carbocycles. The van der Waals surface area contributed by atoms with Gasteiger partial charge in [0.15, 0.2) is 0 Å². The molecule has 4 heteroatoms. The lowest BCUT2D eigenvalue weighted by atomic mass is 10.1. The molecular weight excluding hydrogens is 266 g/mol. The van der Waals surface area contributed by atoms with Crippen molar-refractivity contribution < 1.29 is 0 Å². The molecule has 0 saturated heterocycles. The highest BCUT2D eigenvalue weighted by Crippen LogP contribution is 2.27. The SMILES string of the molecule is CCn1nc(C)c(C(C)Nc2cccc(SC)c2)c1C. The van der Waals surface area contributed by atoms with Gasteiger partial charge in [-0.15, -0.1) is 11.8 Å². The molecule has 1 atom stereocenters. The van der Waals surface area contributed by atoms with Crippen molar-refractivity contribution in [2.75, 3.05) is 11.6 Å². The fraction of sp³-hybridized carbons (Fsp3) is 0.438. The highest BCUT2D eigenvalue weighted by atomic mass is 32.2. The van der Waals surface area contributed by atoms with Crippen molar-refractivity contribution in [2.24, 2.45) is 0 Å². The Morgan fingerprint density at radius 1 is 1.35 bits per heavy atom. The largest absolute Gasteiger partial charge is 0.378 e. The van der Waals surface area contributed by atoms with Gasteiger partial charge in [-0.2, -0.15) is 5.10 Å². The second-order valence-corrected chi connectivity index (χ2v) is 5.88. The van der Waals surface area contributed by atoms with Gasteiger partial charge in [-0.3, -0.25) is 4.68 Å². The Balaban J connectivity index is 2.23. The van der Waals surface area contributed by atoms with E-state index in [1.165, 1.54) is 16.2 Å². The van der Waals surface area contributed by atoms with E-state index < -0.39 is 0 Å². The molecule has 0 radical (unpaired) electrons. The molecule has 3 nitrogen and oxygen atoms in total. The summed E-state index contributed by atoms with van der Waals surface area (Å²) >= 11 is 1.76. The smallest absolute Gasteiger partial charge is 0.0649 e. The van der Waals surface area contributed by atoms with Gasteiger partial charge in [-0.1, -0.05) is 6.07 Å². The number of benzene rings is 1. The summed E-state index contributed by atoms with van der Waals surface area (Å²) in [5, 5.41) is 8.18. The van der Waals surface area contributed by atoms with Gasteiger partial charge < -0.3 is 5.32 Å². The van der Waals surface area contributed by atoms with Gasteiger partial charge in [0.2, 0.25) is 0 Å². The number of nitrogens with one attached hydrogen (secondary N) is 1. The summed E-state index contributed by atoms with van der Waals surface area (Å²) < 4.78 is 2.07. The molecule has 20 heavy (non-hydrogen) atoms. The summed E-state index contributed by atoms with van der Waals surface area (Å²) in [5.74, 6) is 0. The molecule has 1 unspecified atom stereocenters. The lowest BCUT2D eigenvalue weighted by Crippen LogP contribution is -2.09. The van der Waals surface area contributed by atoms with Crippen molar-refractivity contribution in [3.8, 4) is 0 Å². The summed E-state index contributed by atoms with van der Waals surface area (Å²) in [5.41, 5.74) is 4.84. The highest BCUT2D eigenvalue weighted by Gasteiger charge is 2.16. The number of aryl methyl sites for hydroxylation is 2. The number of rotatable bonds is 5. The summed E-state index contributed by atoms with van der Waals surface area (Å²) in [4.78, 5) is 1.28. The molecular formula is C16H23N3S. The minimum atomic E-state index is 0.257. The molecule has 1 aromatic carbocycles. The number of thioether (sulfide) groups is 1. The summed E-state index contributed by atoms with van der Waals surface area (Å²) in [6.07, 6.45) is 2.10. The van der Waals surface area contributed by atoms with Crippen LogP contribution in [0.25, 0.3) is 0 Å². The normalized spacial score (nSPS) is 12.4. The first-order chi connectivity index (χ1) is 9.56. The molecule has 0 saturated carbocycles. The van der Waals surface area contributed by atoms with Gasteiger partial charge in [0.05, 0.1) is 11.7 Å². The summed E-state index contributed by atoms with van der Waals surface area (Å²) in [6.45, 7) is 9.48. The van der Waals surface area contributed by atoms with Crippen molar-refractivity contribution >= 4 is 17.4 Å². The fourth-order valence-corrected chi connectivity index (χ4v) is 3.14. The number of hydrogen-bond acceptors (Lipinski definition) is 3. The number of nitrogens with zero attached hydrogens (tertiary/aromatic N) is 2. The van der Waals surface area contributed by atoms with E-state index in [1.807, 2.05) is 0 Å². The standard InChI is InChI=1S/C16H23N3S/c1-6-19-13(4)16(12(3)18-19)11(2)17-14-8-7-9-15(10-14)20-5/h7-11,17H,6H2,1-5H3. The first-order valence-electron chi connectivity index (χ1n) is 7.01. The van der Waals surface area contributed by atoms with E-state index >= 15 is 0 Å². The van der Waals surface area contributed by atoms with Crippen molar-refractivity contribution in [1.82, 2.24) is 9.78 Å². The van der Waals surface area contributed by atoms with Gasteiger partial charge in [-0.05, 0) is 52.1 Å². The van der Waals surface area contributed by atoms with Crippen LogP contribution in [0.1, 0.15) is 36.8 Å². The minimum Gasteiger partial charge on any atom is -0.378 e. The van der Waals surface area contributed by atoms with Gasteiger partial charge in [-0.25, -0.2) is 0 Å². The Morgan fingerprint density at radius 2 is 2.10 bits per heavy atom. The number of aromatic nitrogens is 2. The van der Waals surface area contributed by atoms with E-state index in [0.29, 0.717) is 0 Å². The van der Waals surface area contributed by atoms with Crippen LogP contribution in [0.3, 0.4) is 0 Å². The van der Waals surface area contributed by atoms with E-state index in [-0.39, 0.29) is 6.04 Å². The third kappa shape index (κ3) is 3.01. The van der Waals surface area contributed by atoms with Crippen molar-refractivity contribution in [3.05, 3.63) is 41.2 Å². The van der Waals surface area contributed by atoms with E-state index in [9.17, 15) is 0 Å². The monoisotopic (exact) mass is 289 g/mol. The average molecular weight is 289 g/mol. The van der Waals surface area contributed by atoms with Gasteiger partial charge in [0.25, 0.3) is 0 Å². The first kappa shape index (κ1) is 15.0. The molecule has 2 rings (SSSR count). The average Bonchev–Trinajstić information content (AvgIpc) is 2.73. The van der Waals surface area contributed by atoms with Gasteiger partial charge in [0.1, 0.15) is 0 Å². The van der Waals surface area contributed by atoms with Gasteiger partial charge in [0, 0.05) is 28.4 Å². The van der Waals surface area contributed by atoms with Crippen LogP contribution in [0.15, 0.2) is 29.2 Å². The third-order valence-corrected chi connectivity index (χ3v) is 4.35. The maximum Gasteiger partial charge on any atom is 0.0649 e. The second-order valence-electron chi connectivity index (χ2n) is 5.00. The fourth-order valence-electron chi connectivity index (χ4n) is 2.68. The lowest BCUT2D eigenvalue weighted by molar-refractivity contribution is 0.632. The third-order valence-electron chi connectivity index (χ3n) is 3.62. The molecule has 0 bridgehead atoms. The predicted octanol–water partition coefficient (Wildman–Crippen LogP) is 4.41. The molecule has 0 fully saturated rings. The van der Waals surface area contributed by atoms with Crippen LogP contribution in [0.5, 0.6) is 0 Å². The first-order valence-corrected chi connectivity index (χ1v) is 8.23. The molecule has 0 spiro atoms. The van der Waals surface area contributed by atoms with Crippen molar-refractivity contribution in [2.45, 2.75) is 45.2 Å². The zero-order valence-corrected chi connectivity index (χ0v) is 13.7. The van der Waals surface area contributed by atoms with Crippen LogP contribution in [0.4, 0.5) is 5.69 Å². The highest BCUT2D eigenvalue weighted by molar-refractivity contribution is 7.98. The zero-order chi connectivity index (χ0) is 14.7.